The van der Waals surface area contributed by atoms with Crippen LogP contribution in [0.5, 0.6) is 0 Å². The fourth-order valence-corrected chi connectivity index (χ4v) is 7.18. The molecule has 0 saturated carbocycles. The summed E-state index contributed by atoms with van der Waals surface area (Å²) in [5.74, 6) is -0.995. The predicted molar refractivity (Wildman–Crippen MR) is 284 cm³/mol. The van der Waals surface area contributed by atoms with Gasteiger partial charge in [0.25, 0.3) is 0 Å². The third-order valence-electron chi connectivity index (χ3n) is 11.3. The number of hydrogen-bond donors (Lipinski definition) is 0. The van der Waals surface area contributed by atoms with Crippen molar-refractivity contribution >= 4 is 17.9 Å². The highest BCUT2D eigenvalue weighted by Crippen LogP contribution is 2.14. The lowest BCUT2D eigenvalue weighted by Gasteiger charge is -2.18. The molecule has 0 aliphatic heterocycles. The van der Waals surface area contributed by atoms with Crippen molar-refractivity contribution in [2.45, 2.75) is 252 Å². The summed E-state index contributed by atoms with van der Waals surface area (Å²) in [6.07, 6.45) is 71.1. The maximum atomic E-state index is 12.8. The van der Waals surface area contributed by atoms with Crippen molar-refractivity contribution in [3.63, 3.8) is 0 Å². The van der Waals surface area contributed by atoms with Crippen LogP contribution in [0.15, 0.2) is 97.2 Å². The minimum absolute atomic E-state index is 0.110. The molecule has 6 heteroatoms. The zero-order valence-corrected chi connectivity index (χ0v) is 42.9. The second kappa shape index (κ2) is 53.9. The lowest BCUT2D eigenvalue weighted by Crippen LogP contribution is -2.30. The average Bonchev–Trinajstić information content (AvgIpc) is 3.31. The van der Waals surface area contributed by atoms with Gasteiger partial charge in [0.05, 0.1) is 0 Å². The molecule has 6 nitrogen and oxygen atoms in total. The molecular formula is C60H100O6. The molecule has 0 radical (unpaired) electrons. The summed E-state index contributed by atoms with van der Waals surface area (Å²) in [6.45, 7) is 6.50. The van der Waals surface area contributed by atoms with Gasteiger partial charge in [-0.05, 0) is 103 Å². The first-order valence-electron chi connectivity index (χ1n) is 27.2. The Labute approximate surface area is 407 Å². The van der Waals surface area contributed by atoms with Crippen molar-refractivity contribution in [3.05, 3.63) is 97.2 Å². The van der Waals surface area contributed by atoms with Gasteiger partial charge >= 0.3 is 17.9 Å². The molecule has 0 amide bonds. The fourth-order valence-electron chi connectivity index (χ4n) is 7.18. The van der Waals surface area contributed by atoms with Gasteiger partial charge in [-0.3, -0.25) is 14.4 Å². The second-order valence-corrected chi connectivity index (χ2v) is 17.8. The van der Waals surface area contributed by atoms with Crippen LogP contribution < -0.4 is 0 Å². The molecule has 376 valence electrons. The van der Waals surface area contributed by atoms with E-state index >= 15 is 0 Å². The van der Waals surface area contributed by atoms with E-state index in [9.17, 15) is 14.4 Å². The van der Waals surface area contributed by atoms with Crippen LogP contribution in [0.4, 0.5) is 0 Å². The van der Waals surface area contributed by atoms with Crippen LogP contribution in [0, 0.1) is 0 Å². The van der Waals surface area contributed by atoms with E-state index in [1.165, 1.54) is 109 Å². The first-order valence-corrected chi connectivity index (χ1v) is 27.2. The van der Waals surface area contributed by atoms with Crippen molar-refractivity contribution < 1.29 is 28.6 Å². The van der Waals surface area contributed by atoms with Crippen LogP contribution in [-0.2, 0) is 28.6 Å². The van der Waals surface area contributed by atoms with Crippen molar-refractivity contribution in [2.75, 3.05) is 13.2 Å². The zero-order chi connectivity index (χ0) is 47.9. The highest BCUT2D eigenvalue weighted by atomic mass is 16.6. The lowest BCUT2D eigenvalue weighted by molar-refractivity contribution is -0.167. The topological polar surface area (TPSA) is 78.9 Å². The Kier molecular flexibility index (Phi) is 50.9. The average molecular weight is 917 g/mol. The van der Waals surface area contributed by atoms with Crippen molar-refractivity contribution in [2.24, 2.45) is 0 Å². The molecule has 0 saturated heterocycles. The molecule has 0 aromatic heterocycles. The van der Waals surface area contributed by atoms with Crippen molar-refractivity contribution in [1.29, 1.82) is 0 Å². The van der Waals surface area contributed by atoms with Gasteiger partial charge in [0, 0.05) is 19.3 Å². The number of esters is 3. The van der Waals surface area contributed by atoms with E-state index in [2.05, 4.69) is 118 Å². The van der Waals surface area contributed by atoms with Gasteiger partial charge in [-0.25, -0.2) is 0 Å². The number of carbonyl (C=O) groups excluding carboxylic acids is 3. The molecule has 0 fully saturated rings. The Balaban J connectivity index is 4.50. The normalized spacial score (nSPS) is 12.8. The Hall–Kier alpha value is -3.67. The SMILES string of the molecule is CCCCC/C=C\C/C=C\C/C=C\C/C=C\CCCCCC(=O)OC[C@H](COC(=O)CCC/C=C\C/C=C\C/C=C\C/C=C\CCCCC)OC(=O)CCCCCCCCCCCCCC. The molecule has 0 spiro atoms. The van der Waals surface area contributed by atoms with Gasteiger partial charge in [0.1, 0.15) is 13.2 Å². The van der Waals surface area contributed by atoms with Crippen LogP contribution >= 0.6 is 0 Å². The van der Waals surface area contributed by atoms with E-state index in [1.54, 1.807) is 0 Å². The highest BCUT2D eigenvalue weighted by Gasteiger charge is 2.19. The first kappa shape index (κ1) is 62.3. The Morgan fingerprint density at radius 3 is 0.939 bits per heavy atom. The molecule has 1 atom stereocenters. The number of allylic oxidation sites excluding steroid dienone is 16. The molecule has 0 aliphatic rings. The number of hydrogen-bond acceptors (Lipinski definition) is 6. The summed E-state index contributed by atoms with van der Waals surface area (Å²) in [4.78, 5) is 38.0. The summed E-state index contributed by atoms with van der Waals surface area (Å²) in [6, 6.07) is 0. The molecule has 0 aromatic carbocycles. The van der Waals surface area contributed by atoms with Crippen LogP contribution in [0.25, 0.3) is 0 Å². The van der Waals surface area contributed by atoms with Gasteiger partial charge in [-0.2, -0.15) is 0 Å². The molecule has 0 rings (SSSR count). The molecular weight excluding hydrogens is 817 g/mol. The maximum absolute atomic E-state index is 12.8. The Bertz CT molecular complexity index is 1330. The Morgan fingerprint density at radius 2 is 0.561 bits per heavy atom. The molecule has 0 aromatic rings. The number of carbonyl (C=O) groups is 3. The summed E-state index contributed by atoms with van der Waals surface area (Å²) < 4.78 is 16.7. The standard InChI is InChI=1S/C60H100O6/c1-4-7-10-13-16-19-22-25-27-29-30-32-34-36-39-41-44-47-50-53-59(62)65-56-57(66-60(63)54-51-48-45-42-37-24-21-18-15-12-9-6-3)55-64-58(61)52-49-46-43-40-38-35-33-31-28-26-23-20-17-14-11-8-5-2/h16-17,19-20,25-28,30,32-33,35-36,39-40,43,57H,4-15,18,21-24,29,31,34,37-38,41-42,44-56H2,1-3H3/b19-16-,20-17-,27-25-,28-26-,32-30-,35-33-,39-36-,43-40-/t57-/m0/s1. The van der Waals surface area contributed by atoms with Gasteiger partial charge in [0.15, 0.2) is 6.10 Å². The fraction of sp³-hybridized carbons (Fsp3) is 0.683. The summed E-state index contributed by atoms with van der Waals surface area (Å²) >= 11 is 0. The van der Waals surface area contributed by atoms with E-state index in [0.717, 1.165) is 89.9 Å². The summed E-state index contributed by atoms with van der Waals surface area (Å²) in [5.41, 5.74) is 0. The van der Waals surface area contributed by atoms with Gasteiger partial charge < -0.3 is 14.2 Å². The predicted octanol–water partition coefficient (Wildman–Crippen LogP) is 18.1. The number of ether oxygens (including phenoxy) is 3. The van der Waals surface area contributed by atoms with E-state index in [1.807, 2.05) is 0 Å². The van der Waals surface area contributed by atoms with E-state index < -0.39 is 6.10 Å². The molecule has 0 aliphatic carbocycles. The second-order valence-electron chi connectivity index (χ2n) is 17.8. The van der Waals surface area contributed by atoms with Crippen molar-refractivity contribution in [1.82, 2.24) is 0 Å². The smallest absolute Gasteiger partial charge is 0.306 e. The van der Waals surface area contributed by atoms with Crippen LogP contribution in [0.3, 0.4) is 0 Å². The third-order valence-corrected chi connectivity index (χ3v) is 11.3. The van der Waals surface area contributed by atoms with Crippen molar-refractivity contribution in [3.8, 4) is 0 Å². The summed E-state index contributed by atoms with van der Waals surface area (Å²) in [7, 11) is 0. The Morgan fingerprint density at radius 1 is 0.303 bits per heavy atom. The zero-order valence-electron chi connectivity index (χ0n) is 42.9. The minimum atomic E-state index is -0.811. The van der Waals surface area contributed by atoms with E-state index in [4.69, 9.17) is 14.2 Å². The minimum Gasteiger partial charge on any atom is -0.462 e. The molecule has 0 bridgehead atoms. The maximum Gasteiger partial charge on any atom is 0.306 e. The van der Waals surface area contributed by atoms with Crippen LogP contribution in [0.2, 0.25) is 0 Å². The molecule has 0 unspecified atom stereocenters. The first-order chi connectivity index (χ1) is 32.5. The molecule has 0 heterocycles. The van der Waals surface area contributed by atoms with Crippen LogP contribution in [0.1, 0.15) is 245 Å². The molecule has 66 heavy (non-hydrogen) atoms. The highest BCUT2D eigenvalue weighted by molar-refractivity contribution is 5.71. The van der Waals surface area contributed by atoms with Gasteiger partial charge in [-0.1, -0.05) is 221 Å². The number of rotatable bonds is 48. The molecule has 0 N–H and O–H groups in total. The number of unbranched alkanes of at least 4 members (excludes halogenated alkanes) is 21. The van der Waals surface area contributed by atoms with Gasteiger partial charge in [-0.15, -0.1) is 0 Å². The third kappa shape index (κ3) is 51.3. The van der Waals surface area contributed by atoms with E-state index in [0.29, 0.717) is 19.3 Å². The summed E-state index contributed by atoms with van der Waals surface area (Å²) in [5, 5.41) is 0. The van der Waals surface area contributed by atoms with E-state index in [-0.39, 0.29) is 37.5 Å². The van der Waals surface area contributed by atoms with Crippen LogP contribution in [-0.4, -0.2) is 37.2 Å². The quantitative estimate of drug-likeness (QED) is 0.0262. The van der Waals surface area contributed by atoms with Gasteiger partial charge in [0.2, 0.25) is 0 Å². The largest absolute Gasteiger partial charge is 0.462 e. The lowest BCUT2D eigenvalue weighted by atomic mass is 10.0. The monoisotopic (exact) mass is 917 g/mol.